The first-order valence-electron chi connectivity index (χ1n) is 3.78. The third kappa shape index (κ3) is 6.99. The molecule has 0 bridgehead atoms. The van der Waals surface area contributed by atoms with Gasteiger partial charge in [0.05, 0.1) is 13.5 Å². The molecular weight excluding hydrogens is 176 g/mol. The maximum absolute atomic E-state index is 10.7. The van der Waals surface area contributed by atoms with Crippen LogP contribution in [0.5, 0.6) is 0 Å². The van der Waals surface area contributed by atoms with Gasteiger partial charge in [-0.1, -0.05) is 0 Å². The third-order valence-corrected chi connectivity index (χ3v) is 1.19. The molecule has 0 aromatic rings. The number of Topliss-reactive ketones (excluding diaryl/α,β-unsaturated/α-hetero) is 1. The van der Waals surface area contributed by atoms with Crippen LogP contribution >= 0.6 is 0 Å². The highest BCUT2D eigenvalue weighted by Crippen LogP contribution is 1.91. The van der Waals surface area contributed by atoms with Crippen LogP contribution in [0.15, 0.2) is 0 Å². The molecule has 0 atom stereocenters. The predicted octanol–water partition coefficient (Wildman–Crippen LogP) is 0.0718. The molecule has 0 spiro atoms. The summed E-state index contributed by atoms with van der Waals surface area (Å²) >= 11 is 0. The van der Waals surface area contributed by atoms with E-state index in [1.165, 1.54) is 14.0 Å². The highest BCUT2D eigenvalue weighted by atomic mass is 16.5. The maximum atomic E-state index is 10.7. The summed E-state index contributed by atoms with van der Waals surface area (Å²) in [6, 6.07) is 0. The van der Waals surface area contributed by atoms with Crippen LogP contribution in [0.25, 0.3) is 0 Å². The number of carbonyl (C=O) groups excluding carboxylic acids is 3. The van der Waals surface area contributed by atoms with Gasteiger partial charge in [0, 0.05) is 0 Å². The molecule has 0 rings (SSSR count). The highest BCUT2D eigenvalue weighted by molar-refractivity contribution is 5.94. The van der Waals surface area contributed by atoms with Crippen LogP contribution in [0, 0.1) is 0 Å². The van der Waals surface area contributed by atoms with Gasteiger partial charge < -0.3 is 9.47 Å². The second kappa shape index (κ2) is 6.16. The van der Waals surface area contributed by atoms with Gasteiger partial charge in [-0.15, -0.1) is 0 Å². The van der Waals surface area contributed by atoms with E-state index in [-0.39, 0.29) is 25.2 Å². The average molecular weight is 188 g/mol. The molecule has 0 fully saturated rings. The Morgan fingerprint density at radius 3 is 2.23 bits per heavy atom. The minimum atomic E-state index is -0.614. The zero-order valence-electron chi connectivity index (χ0n) is 7.66. The van der Waals surface area contributed by atoms with E-state index in [4.69, 9.17) is 0 Å². The second-order valence-electron chi connectivity index (χ2n) is 2.43. The number of rotatable bonds is 5. The van der Waals surface area contributed by atoms with Gasteiger partial charge in [-0.2, -0.15) is 0 Å². The zero-order valence-corrected chi connectivity index (χ0v) is 7.66. The Balaban J connectivity index is 3.48. The van der Waals surface area contributed by atoms with E-state index in [0.29, 0.717) is 0 Å². The molecule has 0 saturated heterocycles. The van der Waals surface area contributed by atoms with Crippen molar-refractivity contribution in [1.29, 1.82) is 0 Å². The quantitative estimate of drug-likeness (QED) is 0.451. The van der Waals surface area contributed by atoms with Crippen molar-refractivity contribution in [3.05, 3.63) is 0 Å². The van der Waals surface area contributed by atoms with E-state index in [0.717, 1.165) is 0 Å². The summed E-state index contributed by atoms with van der Waals surface area (Å²) in [7, 11) is 1.25. The van der Waals surface area contributed by atoms with Gasteiger partial charge in [0.1, 0.15) is 18.8 Å². The maximum Gasteiger partial charge on any atom is 0.313 e. The van der Waals surface area contributed by atoms with Crippen molar-refractivity contribution < 1.29 is 23.9 Å². The van der Waals surface area contributed by atoms with Crippen molar-refractivity contribution in [2.24, 2.45) is 0 Å². The van der Waals surface area contributed by atoms with Crippen molar-refractivity contribution in [1.82, 2.24) is 0 Å². The Morgan fingerprint density at radius 1 is 1.15 bits per heavy atom. The highest BCUT2D eigenvalue weighted by Gasteiger charge is 2.07. The lowest BCUT2D eigenvalue weighted by Gasteiger charge is -2.01. The number of esters is 2. The monoisotopic (exact) mass is 188 g/mol. The van der Waals surface area contributed by atoms with Crippen LogP contribution < -0.4 is 0 Å². The van der Waals surface area contributed by atoms with E-state index in [1.807, 2.05) is 0 Å². The lowest BCUT2D eigenvalue weighted by atomic mass is 10.3. The molecule has 0 aromatic carbocycles. The van der Waals surface area contributed by atoms with E-state index in [9.17, 15) is 14.4 Å². The summed E-state index contributed by atoms with van der Waals surface area (Å²) in [5, 5.41) is 0. The lowest BCUT2D eigenvalue weighted by molar-refractivity contribution is -0.148. The number of ether oxygens (including phenoxy) is 2. The normalized spacial score (nSPS) is 9.08. The zero-order chi connectivity index (χ0) is 10.3. The summed E-state index contributed by atoms with van der Waals surface area (Å²) in [5.41, 5.74) is 0. The molecule has 0 amide bonds. The Labute approximate surface area is 76.0 Å². The molecule has 0 heterocycles. The van der Waals surface area contributed by atoms with Gasteiger partial charge in [-0.3, -0.25) is 14.4 Å². The first-order chi connectivity index (χ1) is 6.06. The van der Waals surface area contributed by atoms with Gasteiger partial charge in [0.25, 0.3) is 0 Å². The second-order valence-corrected chi connectivity index (χ2v) is 2.43. The molecular formula is C8H12O5. The van der Waals surface area contributed by atoms with E-state index in [2.05, 4.69) is 9.47 Å². The molecule has 0 aromatic heterocycles. The van der Waals surface area contributed by atoms with Crippen LogP contribution in [0.4, 0.5) is 0 Å². The Kier molecular flexibility index (Phi) is 5.50. The van der Waals surface area contributed by atoms with Crippen LogP contribution in [0.1, 0.15) is 19.8 Å². The standard InChI is InChI=1S/C8H12O5/c1-6(9)5-8(11)13-4-3-7(10)12-2/h3-5H2,1-2H3. The van der Waals surface area contributed by atoms with Gasteiger partial charge in [-0.05, 0) is 6.92 Å². The molecule has 0 aliphatic carbocycles. The Bertz CT molecular complexity index is 209. The van der Waals surface area contributed by atoms with Gasteiger partial charge >= 0.3 is 11.9 Å². The Hall–Kier alpha value is -1.39. The molecule has 0 radical (unpaired) electrons. The van der Waals surface area contributed by atoms with Gasteiger partial charge in [-0.25, -0.2) is 0 Å². The minimum Gasteiger partial charge on any atom is -0.469 e. The van der Waals surface area contributed by atoms with Crippen molar-refractivity contribution >= 4 is 17.7 Å². The topological polar surface area (TPSA) is 69.7 Å². The molecule has 0 saturated carbocycles. The van der Waals surface area contributed by atoms with Crippen LogP contribution in [0.2, 0.25) is 0 Å². The first kappa shape index (κ1) is 11.6. The number of hydrogen-bond donors (Lipinski definition) is 0. The molecule has 5 heteroatoms. The van der Waals surface area contributed by atoms with Crippen molar-refractivity contribution in [2.45, 2.75) is 19.8 Å². The molecule has 0 aliphatic heterocycles. The summed E-state index contributed by atoms with van der Waals surface area (Å²) in [4.78, 5) is 31.7. The smallest absolute Gasteiger partial charge is 0.313 e. The minimum absolute atomic E-state index is 0.0140. The van der Waals surface area contributed by atoms with Crippen LogP contribution in [-0.2, 0) is 23.9 Å². The SMILES string of the molecule is COC(=O)CCOC(=O)CC(C)=O. The largest absolute Gasteiger partial charge is 0.469 e. The molecule has 13 heavy (non-hydrogen) atoms. The van der Waals surface area contributed by atoms with Crippen LogP contribution in [0.3, 0.4) is 0 Å². The fourth-order valence-corrected chi connectivity index (χ4v) is 0.605. The number of carbonyl (C=O) groups is 3. The van der Waals surface area contributed by atoms with E-state index < -0.39 is 11.9 Å². The van der Waals surface area contributed by atoms with Crippen molar-refractivity contribution in [3.63, 3.8) is 0 Å². The third-order valence-electron chi connectivity index (χ3n) is 1.19. The first-order valence-corrected chi connectivity index (χ1v) is 3.78. The molecule has 0 unspecified atom stereocenters. The lowest BCUT2D eigenvalue weighted by Crippen LogP contribution is -2.12. The number of methoxy groups -OCH3 is 1. The van der Waals surface area contributed by atoms with E-state index >= 15 is 0 Å². The summed E-state index contributed by atoms with van der Waals surface area (Å²) in [6.45, 7) is 1.25. The van der Waals surface area contributed by atoms with Gasteiger partial charge in [0.2, 0.25) is 0 Å². The fraction of sp³-hybridized carbons (Fsp3) is 0.625. The van der Waals surface area contributed by atoms with Crippen molar-refractivity contribution in [3.8, 4) is 0 Å². The number of hydrogen-bond acceptors (Lipinski definition) is 5. The van der Waals surface area contributed by atoms with Gasteiger partial charge in [0.15, 0.2) is 0 Å². The average Bonchev–Trinajstić information content (AvgIpc) is 2.02. The fourth-order valence-electron chi connectivity index (χ4n) is 0.605. The molecule has 0 aliphatic rings. The summed E-state index contributed by atoms with van der Waals surface area (Å²) in [5.74, 6) is -1.32. The molecule has 5 nitrogen and oxygen atoms in total. The summed E-state index contributed by atoms with van der Waals surface area (Å²) in [6.07, 6.45) is -0.235. The summed E-state index contributed by atoms with van der Waals surface area (Å²) < 4.78 is 8.88. The van der Waals surface area contributed by atoms with Crippen molar-refractivity contribution in [2.75, 3.05) is 13.7 Å². The molecule has 0 N–H and O–H groups in total. The van der Waals surface area contributed by atoms with Crippen LogP contribution in [-0.4, -0.2) is 31.4 Å². The number of ketones is 1. The Morgan fingerprint density at radius 2 is 1.77 bits per heavy atom. The molecule has 74 valence electrons. The van der Waals surface area contributed by atoms with E-state index in [1.54, 1.807) is 0 Å². The predicted molar refractivity (Wildman–Crippen MR) is 42.9 cm³/mol.